The van der Waals surface area contributed by atoms with Crippen molar-refractivity contribution in [3.8, 4) is 11.1 Å². The van der Waals surface area contributed by atoms with Gasteiger partial charge in [0.15, 0.2) is 0 Å². The summed E-state index contributed by atoms with van der Waals surface area (Å²) in [7, 11) is 1.82. The van der Waals surface area contributed by atoms with Crippen LogP contribution in [0.3, 0.4) is 0 Å². The third-order valence-corrected chi connectivity index (χ3v) is 6.12. The number of benzene rings is 2. The van der Waals surface area contributed by atoms with E-state index in [-0.39, 0.29) is 11.4 Å². The summed E-state index contributed by atoms with van der Waals surface area (Å²) in [6.45, 7) is 0.637. The maximum Gasteiger partial charge on any atom is 0.260 e. The number of aromatic nitrogens is 2. The molecule has 0 radical (unpaired) electrons. The van der Waals surface area contributed by atoms with Crippen molar-refractivity contribution in [2.45, 2.75) is 13.1 Å². The number of nitrogens with zero attached hydrogens (tertiary/aromatic N) is 2. The van der Waals surface area contributed by atoms with E-state index in [0.717, 1.165) is 11.1 Å². The molecule has 2 aromatic carbocycles. The second-order valence-electron chi connectivity index (χ2n) is 6.69. The van der Waals surface area contributed by atoms with Crippen molar-refractivity contribution in [1.29, 1.82) is 0 Å². The van der Waals surface area contributed by atoms with E-state index in [9.17, 15) is 9.18 Å². The molecule has 4 nitrogen and oxygen atoms in total. The summed E-state index contributed by atoms with van der Waals surface area (Å²) < 4.78 is 14.0. The van der Waals surface area contributed by atoms with Gasteiger partial charge in [0.05, 0.1) is 11.9 Å². The minimum absolute atomic E-state index is 0.224. The van der Waals surface area contributed by atoms with E-state index in [1.807, 2.05) is 35.5 Å². The Morgan fingerprint density at radius 3 is 2.59 bits per heavy atom. The molecule has 148 valence electrons. The number of rotatable bonds is 5. The Bertz CT molecular complexity index is 1230. The van der Waals surface area contributed by atoms with Gasteiger partial charge in [0.25, 0.3) is 5.56 Å². The highest BCUT2D eigenvalue weighted by molar-refractivity contribution is 7.17. The first-order valence-electron chi connectivity index (χ1n) is 8.80. The zero-order valence-corrected chi connectivity index (χ0v) is 17.7. The lowest BCUT2D eigenvalue weighted by Gasteiger charge is -2.17. The van der Waals surface area contributed by atoms with Crippen molar-refractivity contribution in [3.05, 3.63) is 85.4 Å². The molecule has 0 amide bonds. The van der Waals surface area contributed by atoms with Crippen LogP contribution in [0.1, 0.15) is 11.4 Å². The largest absolute Gasteiger partial charge is 0.309 e. The Morgan fingerprint density at radius 2 is 1.83 bits per heavy atom. The zero-order chi connectivity index (χ0) is 20.5. The van der Waals surface area contributed by atoms with Gasteiger partial charge >= 0.3 is 0 Å². The van der Waals surface area contributed by atoms with Gasteiger partial charge in [-0.3, -0.25) is 9.69 Å². The van der Waals surface area contributed by atoms with Crippen molar-refractivity contribution in [3.63, 3.8) is 0 Å². The van der Waals surface area contributed by atoms with Crippen LogP contribution in [0, 0.1) is 5.82 Å². The summed E-state index contributed by atoms with van der Waals surface area (Å²) in [4.78, 5) is 22.7. The summed E-state index contributed by atoms with van der Waals surface area (Å²) >= 11 is 13.8. The summed E-state index contributed by atoms with van der Waals surface area (Å²) in [6.07, 6.45) is 0. The molecular weight excluding hydrogens is 432 g/mol. The SMILES string of the molecule is CN(Cc1nc2scc(-c3ccccc3Cl)c2c(=O)[nH]1)Cc1c(F)cccc1Cl. The molecule has 0 saturated heterocycles. The van der Waals surface area contributed by atoms with Crippen molar-refractivity contribution in [2.75, 3.05) is 7.05 Å². The Kier molecular flexibility index (Phi) is 5.69. The number of hydrogen-bond donors (Lipinski definition) is 1. The first-order valence-corrected chi connectivity index (χ1v) is 10.4. The number of H-pyrrole nitrogens is 1. The highest BCUT2D eigenvalue weighted by Gasteiger charge is 2.16. The van der Waals surface area contributed by atoms with Gasteiger partial charge in [-0.1, -0.05) is 47.5 Å². The van der Waals surface area contributed by atoms with Gasteiger partial charge < -0.3 is 4.98 Å². The average Bonchev–Trinajstić information content (AvgIpc) is 3.09. The van der Waals surface area contributed by atoms with Gasteiger partial charge in [-0.25, -0.2) is 9.37 Å². The highest BCUT2D eigenvalue weighted by Crippen LogP contribution is 2.34. The Labute approximate surface area is 180 Å². The van der Waals surface area contributed by atoms with Crippen LogP contribution in [0.4, 0.5) is 4.39 Å². The number of thiophene rings is 1. The lowest BCUT2D eigenvalue weighted by atomic mass is 10.1. The smallest absolute Gasteiger partial charge is 0.260 e. The summed E-state index contributed by atoms with van der Waals surface area (Å²) in [5.74, 6) is 0.147. The molecule has 0 aliphatic rings. The number of fused-ring (bicyclic) bond motifs is 1. The number of aromatic amines is 1. The Hall–Kier alpha value is -2.25. The molecule has 29 heavy (non-hydrogen) atoms. The van der Waals surface area contributed by atoms with E-state index in [2.05, 4.69) is 9.97 Å². The predicted molar refractivity (Wildman–Crippen MR) is 117 cm³/mol. The van der Waals surface area contributed by atoms with E-state index in [1.54, 1.807) is 18.2 Å². The second-order valence-corrected chi connectivity index (χ2v) is 8.37. The third-order valence-electron chi connectivity index (χ3n) is 4.57. The van der Waals surface area contributed by atoms with Crippen molar-refractivity contribution >= 4 is 44.8 Å². The lowest BCUT2D eigenvalue weighted by molar-refractivity contribution is 0.305. The highest BCUT2D eigenvalue weighted by atomic mass is 35.5. The van der Waals surface area contributed by atoms with E-state index in [1.165, 1.54) is 17.4 Å². The molecule has 1 N–H and O–H groups in total. The molecule has 0 atom stereocenters. The number of hydrogen-bond acceptors (Lipinski definition) is 4. The maximum absolute atomic E-state index is 14.0. The fourth-order valence-electron chi connectivity index (χ4n) is 3.21. The molecule has 2 aromatic heterocycles. The Morgan fingerprint density at radius 1 is 1.07 bits per heavy atom. The van der Waals surface area contributed by atoms with Gasteiger partial charge in [0.1, 0.15) is 16.5 Å². The van der Waals surface area contributed by atoms with Crippen LogP contribution >= 0.6 is 34.5 Å². The minimum Gasteiger partial charge on any atom is -0.309 e. The molecule has 0 spiro atoms. The van der Waals surface area contributed by atoms with Gasteiger partial charge in [-0.2, -0.15) is 0 Å². The van der Waals surface area contributed by atoms with Crippen molar-refractivity contribution in [2.24, 2.45) is 0 Å². The van der Waals surface area contributed by atoms with Crippen LogP contribution < -0.4 is 5.56 Å². The average molecular weight is 448 g/mol. The van der Waals surface area contributed by atoms with E-state index in [0.29, 0.717) is 44.7 Å². The molecule has 4 aromatic rings. The summed E-state index contributed by atoms with van der Waals surface area (Å²) in [6, 6.07) is 12.0. The summed E-state index contributed by atoms with van der Waals surface area (Å²) in [5, 5.41) is 3.36. The predicted octanol–water partition coefficient (Wildman–Crippen LogP) is 5.73. The van der Waals surface area contributed by atoms with Gasteiger partial charge in [0, 0.05) is 38.7 Å². The summed E-state index contributed by atoms with van der Waals surface area (Å²) in [5.41, 5.74) is 1.75. The standard InChI is InChI=1S/C21H16Cl2FN3OS/c1-27(9-13-16(23)7-4-8-17(13)24)10-18-25-20(28)19-14(11-29-21(19)26-18)12-5-2-3-6-15(12)22/h2-8,11H,9-10H2,1H3,(H,25,26,28). The topological polar surface area (TPSA) is 49.0 Å². The zero-order valence-electron chi connectivity index (χ0n) is 15.4. The van der Waals surface area contributed by atoms with Gasteiger partial charge in [0.2, 0.25) is 0 Å². The van der Waals surface area contributed by atoms with E-state index >= 15 is 0 Å². The molecule has 0 aliphatic heterocycles. The fraction of sp³-hybridized carbons (Fsp3) is 0.143. The number of nitrogens with one attached hydrogen (secondary N) is 1. The van der Waals surface area contributed by atoms with Crippen LogP contribution in [0.5, 0.6) is 0 Å². The molecule has 2 heterocycles. The normalized spacial score (nSPS) is 11.5. The minimum atomic E-state index is -0.358. The first-order chi connectivity index (χ1) is 13.9. The molecular formula is C21H16Cl2FN3OS. The Balaban J connectivity index is 1.63. The number of halogens is 3. The molecule has 8 heteroatoms. The molecule has 0 fully saturated rings. The van der Waals surface area contributed by atoms with Crippen LogP contribution in [-0.4, -0.2) is 21.9 Å². The molecule has 0 saturated carbocycles. The van der Waals surface area contributed by atoms with Crippen LogP contribution in [0.25, 0.3) is 21.3 Å². The molecule has 0 unspecified atom stereocenters. The maximum atomic E-state index is 14.0. The lowest BCUT2D eigenvalue weighted by Crippen LogP contribution is -2.22. The molecule has 4 rings (SSSR count). The van der Waals surface area contributed by atoms with Crippen LogP contribution in [0.15, 0.2) is 52.6 Å². The van der Waals surface area contributed by atoms with E-state index in [4.69, 9.17) is 23.2 Å². The van der Waals surface area contributed by atoms with Gasteiger partial charge in [-0.15, -0.1) is 11.3 Å². The van der Waals surface area contributed by atoms with Crippen LogP contribution in [-0.2, 0) is 13.1 Å². The van der Waals surface area contributed by atoms with Crippen molar-refractivity contribution < 1.29 is 4.39 Å². The molecule has 0 bridgehead atoms. The van der Waals surface area contributed by atoms with Crippen LogP contribution in [0.2, 0.25) is 10.0 Å². The van der Waals surface area contributed by atoms with Gasteiger partial charge in [-0.05, 0) is 25.2 Å². The van der Waals surface area contributed by atoms with Crippen molar-refractivity contribution in [1.82, 2.24) is 14.9 Å². The van der Waals surface area contributed by atoms with E-state index < -0.39 is 0 Å². The fourth-order valence-corrected chi connectivity index (χ4v) is 4.63. The molecule has 0 aliphatic carbocycles. The third kappa shape index (κ3) is 4.07. The monoisotopic (exact) mass is 447 g/mol. The second kappa shape index (κ2) is 8.24. The quantitative estimate of drug-likeness (QED) is 0.424. The first kappa shape index (κ1) is 20.0.